The number of hydrogen-bond acceptors (Lipinski definition) is 4. The van der Waals surface area contributed by atoms with Crippen LogP contribution in [0.4, 0.5) is 8.78 Å². The number of hydrogen-bond donors (Lipinski definition) is 1. The summed E-state index contributed by atoms with van der Waals surface area (Å²) < 4.78 is 49.7. The number of benzene rings is 1. The molecular formula is C10H8F2O4S. The van der Waals surface area contributed by atoms with Gasteiger partial charge < -0.3 is 5.11 Å². The highest BCUT2D eigenvalue weighted by Gasteiger charge is 2.61. The van der Waals surface area contributed by atoms with Gasteiger partial charge in [-0.3, -0.25) is 4.79 Å². The Bertz CT molecular complexity index is 607. The van der Waals surface area contributed by atoms with Gasteiger partial charge in [0.25, 0.3) is 0 Å². The molecule has 4 nitrogen and oxygen atoms in total. The van der Waals surface area contributed by atoms with Crippen molar-refractivity contribution in [1.29, 1.82) is 0 Å². The molecule has 2 rings (SSSR count). The van der Waals surface area contributed by atoms with Crippen molar-refractivity contribution in [1.82, 2.24) is 0 Å². The first kappa shape index (κ1) is 12.1. The molecule has 0 aromatic heterocycles. The average Bonchev–Trinajstić information content (AvgIpc) is 2.38. The van der Waals surface area contributed by atoms with Gasteiger partial charge in [-0.05, 0) is 13.0 Å². The van der Waals surface area contributed by atoms with Crippen LogP contribution in [0.1, 0.15) is 28.9 Å². The van der Waals surface area contributed by atoms with Crippen LogP contribution in [-0.4, -0.2) is 24.6 Å². The van der Waals surface area contributed by atoms with E-state index >= 15 is 0 Å². The minimum atomic E-state index is -4.92. The quantitative estimate of drug-likeness (QED) is 0.774. The summed E-state index contributed by atoms with van der Waals surface area (Å²) >= 11 is 0. The minimum Gasteiger partial charge on any atom is -0.381 e. The van der Waals surface area contributed by atoms with Gasteiger partial charge in [0, 0.05) is 11.1 Å². The lowest BCUT2D eigenvalue weighted by atomic mass is 10.00. The minimum absolute atomic E-state index is 0.198. The van der Waals surface area contributed by atoms with Gasteiger partial charge in [-0.15, -0.1) is 0 Å². The molecule has 1 aromatic rings. The monoisotopic (exact) mass is 262 g/mol. The van der Waals surface area contributed by atoms with Crippen molar-refractivity contribution >= 4 is 15.6 Å². The number of ketones is 1. The summed E-state index contributed by atoms with van der Waals surface area (Å²) in [6, 6.07) is 3.36. The molecule has 92 valence electrons. The fourth-order valence-electron chi connectivity index (χ4n) is 1.83. The average molecular weight is 262 g/mol. The van der Waals surface area contributed by atoms with E-state index in [1.54, 1.807) is 0 Å². The van der Waals surface area contributed by atoms with Crippen LogP contribution < -0.4 is 0 Å². The predicted molar refractivity (Wildman–Crippen MR) is 53.5 cm³/mol. The van der Waals surface area contributed by atoms with Crippen molar-refractivity contribution in [3.63, 3.8) is 0 Å². The van der Waals surface area contributed by atoms with E-state index in [1.807, 2.05) is 0 Å². The van der Waals surface area contributed by atoms with Gasteiger partial charge in [0.05, 0.1) is 4.90 Å². The fourth-order valence-corrected chi connectivity index (χ4v) is 3.30. The SMILES string of the molecule is CC(=O)c1cccc2c1[C@@H](O)C(F)(F)S2(=O)=O. The van der Waals surface area contributed by atoms with Crippen LogP contribution in [0.15, 0.2) is 23.1 Å². The second kappa shape index (κ2) is 3.33. The van der Waals surface area contributed by atoms with Crippen molar-refractivity contribution < 1.29 is 27.1 Å². The topological polar surface area (TPSA) is 71.4 Å². The van der Waals surface area contributed by atoms with Crippen LogP contribution in [0.5, 0.6) is 0 Å². The molecule has 0 amide bonds. The summed E-state index contributed by atoms with van der Waals surface area (Å²) in [6.07, 6.45) is -2.50. The second-order valence-corrected chi connectivity index (χ2v) is 5.73. The van der Waals surface area contributed by atoms with Crippen molar-refractivity contribution in [2.24, 2.45) is 0 Å². The van der Waals surface area contributed by atoms with Crippen molar-refractivity contribution in [2.45, 2.75) is 23.2 Å². The van der Waals surface area contributed by atoms with E-state index in [-0.39, 0.29) is 5.56 Å². The molecule has 7 heteroatoms. The summed E-state index contributed by atoms with van der Waals surface area (Å²) in [5, 5.41) is 5.10. The highest BCUT2D eigenvalue weighted by molar-refractivity contribution is 7.92. The third kappa shape index (κ3) is 1.35. The van der Waals surface area contributed by atoms with Crippen molar-refractivity contribution in [3.8, 4) is 0 Å². The lowest BCUT2D eigenvalue weighted by Gasteiger charge is -2.13. The fraction of sp³-hybridized carbons (Fsp3) is 0.300. The Morgan fingerprint density at radius 1 is 1.41 bits per heavy atom. The summed E-state index contributed by atoms with van der Waals surface area (Å²) in [4.78, 5) is 10.5. The Kier molecular flexibility index (Phi) is 2.38. The molecule has 0 unspecified atom stereocenters. The van der Waals surface area contributed by atoms with Gasteiger partial charge in [-0.1, -0.05) is 12.1 Å². The molecule has 1 aliphatic heterocycles. The first-order valence-corrected chi connectivity index (χ1v) is 6.14. The molecule has 0 spiro atoms. The maximum absolute atomic E-state index is 13.4. The van der Waals surface area contributed by atoms with Crippen LogP contribution in [-0.2, 0) is 9.84 Å². The molecule has 1 heterocycles. The molecule has 0 saturated heterocycles. The highest BCUT2D eigenvalue weighted by Crippen LogP contribution is 2.50. The van der Waals surface area contributed by atoms with E-state index in [0.717, 1.165) is 13.0 Å². The number of rotatable bonds is 1. The molecule has 0 bridgehead atoms. The number of halogens is 2. The first-order valence-electron chi connectivity index (χ1n) is 4.65. The largest absolute Gasteiger partial charge is 0.381 e. The van der Waals surface area contributed by atoms with Crippen LogP contribution in [0.25, 0.3) is 0 Å². The number of Topliss-reactive ketones (excluding diaryl/α,β-unsaturated/α-hetero) is 1. The van der Waals surface area contributed by atoms with Crippen LogP contribution >= 0.6 is 0 Å². The molecule has 17 heavy (non-hydrogen) atoms. The van der Waals surface area contributed by atoms with E-state index in [1.165, 1.54) is 12.1 Å². The Hall–Kier alpha value is -1.34. The number of alkyl halides is 2. The third-order valence-electron chi connectivity index (χ3n) is 2.68. The maximum atomic E-state index is 13.4. The molecule has 1 atom stereocenters. The van der Waals surface area contributed by atoms with Crippen molar-refractivity contribution in [3.05, 3.63) is 29.3 Å². The smallest absolute Gasteiger partial charge is 0.379 e. The van der Waals surface area contributed by atoms with Crippen LogP contribution in [0.2, 0.25) is 0 Å². The lowest BCUT2D eigenvalue weighted by molar-refractivity contribution is -0.0377. The highest BCUT2D eigenvalue weighted by atomic mass is 32.2. The molecule has 0 saturated carbocycles. The Morgan fingerprint density at radius 2 is 2.00 bits per heavy atom. The maximum Gasteiger partial charge on any atom is 0.379 e. The zero-order valence-electron chi connectivity index (χ0n) is 8.65. The normalized spacial score (nSPS) is 24.4. The first-order chi connectivity index (χ1) is 7.71. The zero-order valence-corrected chi connectivity index (χ0v) is 9.46. The number of carbonyl (C=O) groups is 1. The summed E-state index contributed by atoms with van der Waals surface area (Å²) in [7, 11) is -4.92. The van der Waals surface area contributed by atoms with E-state index < -0.39 is 37.4 Å². The second-order valence-electron chi connectivity index (χ2n) is 3.74. The van der Waals surface area contributed by atoms with E-state index in [0.29, 0.717) is 0 Å². The van der Waals surface area contributed by atoms with Gasteiger partial charge in [-0.2, -0.15) is 8.78 Å². The lowest BCUT2D eigenvalue weighted by Crippen LogP contribution is -2.28. The molecule has 0 fully saturated rings. The standard InChI is InChI=1S/C10H8F2O4S/c1-5(13)6-3-2-4-7-8(6)9(14)10(11,12)17(7,15)16/h2-4,9,14H,1H3/t9-/m1/s1. The molecular weight excluding hydrogens is 254 g/mol. The third-order valence-corrected chi connectivity index (χ3v) is 4.56. The molecule has 1 N–H and O–H groups in total. The van der Waals surface area contributed by atoms with Gasteiger partial charge in [0.2, 0.25) is 9.84 Å². The molecule has 0 aliphatic carbocycles. The van der Waals surface area contributed by atoms with Gasteiger partial charge in [0.15, 0.2) is 11.9 Å². The van der Waals surface area contributed by atoms with Crippen LogP contribution in [0.3, 0.4) is 0 Å². The molecule has 0 radical (unpaired) electrons. The summed E-state index contributed by atoms with van der Waals surface area (Å²) in [5.74, 6) is -0.575. The van der Waals surface area contributed by atoms with E-state index in [2.05, 4.69) is 0 Å². The number of sulfone groups is 1. The van der Waals surface area contributed by atoms with Gasteiger partial charge >= 0.3 is 5.25 Å². The summed E-state index contributed by atoms with van der Waals surface area (Å²) in [5.41, 5.74) is -0.708. The van der Waals surface area contributed by atoms with Gasteiger partial charge in [-0.25, -0.2) is 8.42 Å². The summed E-state index contributed by atoms with van der Waals surface area (Å²) in [6.45, 7) is 1.12. The Morgan fingerprint density at radius 3 is 2.53 bits per heavy atom. The molecule has 1 aliphatic rings. The van der Waals surface area contributed by atoms with Crippen molar-refractivity contribution in [2.75, 3.05) is 0 Å². The predicted octanol–water partition coefficient (Wildman–Crippen LogP) is 1.30. The Balaban J connectivity index is 2.87. The number of carbonyl (C=O) groups excluding carboxylic acids is 1. The van der Waals surface area contributed by atoms with Crippen LogP contribution in [0, 0.1) is 0 Å². The molecule has 1 aromatic carbocycles. The Labute approximate surface area is 95.8 Å². The number of fused-ring (bicyclic) bond motifs is 1. The van der Waals surface area contributed by atoms with Gasteiger partial charge in [0.1, 0.15) is 0 Å². The number of aliphatic hydroxyl groups excluding tert-OH is 1. The number of aliphatic hydroxyl groups is 1. The van der Waals surface area contributed by atoms with E-state index in [9.17, 15) is 27.1 Å². The van der Waals surface area contributed by atoms with E-state index in [4.69, 9.17) is 0 Å². The zero-order chi connectivity index (χ0) is 13.0.